The maximum Gasteiger partial charge on any atom is 0.222 e. The number of ether oxygens (including phenoxy) is 2. The van der Waals surface area contributed by atoms with Crippen LogP contribution in [-0.4, -0.2) is 68.8 Å². The Bertz CT molecular complexity index is 562. The van der Waals surface area contributed by atoms with Crippen LogP contribution in [0, 0.1) is 11.3 Å². The van der Waals surface area contributed by atoms with E-state index in [-0.39, 0.29) is 5.91 Å². The van der Waals surface area contributed by atoms with E-state index < -0.39 is 0 Å². The third kappa shape index (κ3) is 6.73. The molecule has 0 aliphatic carbocycles. The first-order valence-electron chi connectivity index (χ1n) is 8.80. The second-order valence-electron chi connectivity index (χ2n) is 6.09. The molecule has 0 saturated carbocycles. The number of hydrogen-bond donors (Lipinski definition) is 0. The summed E-state index contributed by atoms with van der Waals surface area (Å²) in [5, 5.41) is 8.84. The van der Waals surface area contributed by atoms with Gasteiger partial charge in [-0.3, -0.25) is 9.69 Å². The summed E-state index contributed by atoms with van der Waals surface area (Å²) in [5.74, 6) is 0.926. The zero-order chi connectivity index (χ0) is 17.9. The van der Waals surface area contributed by atoms with E-state index in [4.69, 9.17) is 14.7 Å². The molecule has 6 nitrogen and oxygen atoms in total. The molecule has 0 N–H and O–H groups in total. The van der Waals surface area contributed by atoms with Gasteiger partial charge in [0.1, 0.15) is 5.75 Å². The van der Waals surface area contributed by atoms with E-state index in [1.165, 1.54) is 0 Å². The Kier molecular flexibility index (Phi) is 8.23. The number of amides is 1. The van der Waals surface area contributed by atoms with Crippen molar-refractivity contribution in [2.24, 2.45) is 0 Å². The highest BCUT2D eigenvalue weighted by Crippen LogP contribution is 2.13. The number of methoxy groups -OCH3 is 1. The summed E-state index contributed by atoms with van der Waals surface area (Å²) in [6.07, 6.45) is 1.53. The normalized spacial score (nSPS) is 14.7. The molecular weight excluding hydrogens is 318 g/mol. The molecule has 6 heteroatoms. The maximum atomic E-state index is 12.6. The van der Waals surface area contributed by atoms with Crippen LogP contribution in [-0.2, 0) is 16.0 Å². The largest absolute Gasteiger partial charge is 0.497 e. The SMILES string of the molecule is COc1ccc(CCC(=O)N(CCC#N)CCN2CCOCC2)cc1. The van der Waals surface area contributed by atoms with Crippen molar-refractivity contribution < 1.29 is 14.3 Å². The summed E-state index contributed by atoms with van der Waals surface area (Å²) >= 11 is 0. The monoisotopic (exact) mass is 345 g/mol. The zero-order valence-corrected chi connectivity index (χ0v) is 14.9. The predicted molar refractivity (Wildman–Crippen MR) is 95.4 cm³/mol. The van der Waals surface area contributed by atoms with Gasteiger partial charge in [-0.05, 0) is 24.1 Å². The average molecular weight is 345 g/mol. The van der Waals surface area contributed by atoms with Gasteiger partial charge < -0.3 is 14.4 Å². The summed E-state index contributed by atoms with van der Waals surface area (Å²) in [6, 6.07) is 9.92. The number of benzene rings is 1. The number of hydrogen-bond acceptors (Lipinski definition) is 5. The van der Waals surface area contributed by atoms with Crippen LogP contribution in [0.15, 0.2) is 24.3 Å². The first-order chi connectivity index (χ1) is 12.2. The Balaban J connectivity index is 1.82. The Morgan fingerprint density at radius 2 is 2.00 bits per heavy atom. The lowest BCUT2D eigenvalue weighted by Crippen LogP contribution is -2.43. The van der Waals surface area contributed by atoms with Crippen LogP contribution in [0.5, 0.6) is 5.75 Å². The number of carbonyl (C=O) groups excluding carboxylic acids is 1. The van der Waals surface area contributed by atoms with Crippen molar-refractivity contribution in [2.75, 3.05) is 53.0 Å². The number of morpholine rings is 1. The van der Waals surface area contributed by atoms with Gasteiger partial charge in [0, 0.05) is 39.1 Å². The fourth-order valence-electron chi connectivity index (χ4n) is 2.83. The first-order valence-corrected chi connectivity index (χ1v) is 8.80. The second-order valence-corrected chi connectivity index (χ2v) is 6.09. The summed E-state index contributed by atoms with van der Waals surface area (Å²) in [7, 11) is 1.64. The van der Waals surface area contributed by atoms with E-state index in [0.29, 0.717) is 32.4 Å². The number of nitrogens with zero attached hydrogens (tertiary/aromatic N) is 3. The summed E-state index contributed by atoms with van der Waals surface area (Å²) in [4.78, 5) is 16.7. The summed E-state index contributed by atoms with van der Waals surface area (Å²) in [6.45, 7) is 5.33. The van der Waals surface area contributed by atoms with E-state index in [9.17, 15) is 4.79 Å². The highest BCUT2D eigenvalue weighted by molar-refractivity contribution is 5.76. The van der Waals surface area contributed by atoms with Gasteiger partial charge in [-0.2, -0.15) is 5.26 Å². The lowest BCUT2D eigenvalue weighted by atomic mass is 10.1. The molecule has 25 heavy (non-hydrogen) atoms. The smallest absolute Gasteiger partial charge is 0.222 e. The van der Waals surface area contributed by atoms with Gasteiger partial charge in [-0.1, -0.05) is 12.1 Å². The van der Waals surface area contributed by atoms with Crippen LogP contribution in [0.1, 0.15) is 18.4 Å². The fraction of sp³-hybridized carbons (Fsp3) is 0.579. The lowest BCUT2D eigenvalue weighted by Gasteiger charge is -2.30. The van der Waals surface area contributed by atoms with Gasteiger partial charge in [0.15, 0.2) is 0 Å². The standard InChI is InChI=1S/C19H27N3O3/c1-24-18-6-3-17(4-7-18)5-8-19(23)22(10-2-9-20)12-11-21-13-15-25-16-14-21/h3-4,6-7H,2,5,8,10-16H2,1H3. The second kappa shape index (κ2) is 10.7. The third-order valence-corrected chi connectivity index (χ3v) is 4.42. The molecule has 0 radical (unpaired) electrons. The van der Waals surface area contributed by atoms with Gasteiger partial charge in [0.05, 0.1) is 32.8 Å². The molecule has 0 unspecified atom stereocenters. The number of carbonyl (C=O) groups is 1. The van der Waals surface area contributed by atoms with Crippen LogP contribution in [0.25, 0.3) is 0 Å². The Labute approximate surface area is 149 Å². The minimum absolute atomic E-state index is 0.110. The molecule has 0 bridgehead atoms. The molecule has 1 aliphatic rings. The summed E-state index contributed by atoms with van der Waals surface area (Å²) < 4.78 is 10.5. The molecule has 0 atom stereocenters. The zero-order valence-electron chi connectivity index (χ0n) is 14.9. The van der Waals surface area contributed by atoms with Crippen LogP contribution in [0.3, 0.4) is 0 Å². The van der Waals surface area contributed by atoms with Crippen molar-refractivity contribution >= 4 is 5.91 Å². The molecule has 1 aliphatic heterocycles. The van der Waals surface area contributed by atoms with Crippen LogP contribution in [0.4, 0.5) is 0 Å². The minimum atomic E-state index is 0.110. The quantitative estimate of drug-likeness (QED) is 0.682. The van der Waals surface area contributed by atoms with E-state index in [1.54, 1.807) is 7.11 Å². The molecule has 0 aromatic heterocycles. The van der Waals surface area contributed by atoms with Crippen LogP contribution in [0.2, 0.25) is 0 Å². The van der Waals surface area contributed by atoms with Crippen molar-refractivity contribution in [1.82, 2.24) is 9.80 Å². The van der Waals surface area contributed by atoms with Crippen LogP contribution < -0.4 is 4.74 Å². The maximum absolute atomic E-state index is 12.6. The predicted octanol–water partition coefficient (Wildman–Crippen LogP) is 1.70. The van der Waals surface area contributed by atoms with Gasteiger partial charge in [0.2, 0.25) is 5.91 Å². The number of rotatable bonds is 9. The molecule has 1 aromatic rings. The molecule has 0 spiro atoms. The van der Waals surface area contributed by atoms with E-state index in [0.717, 1.165) is 44.2 Å². The molecule has 1 aromatic carbocycles. The van der Waals surface area contributed by atoms with Gasteiger partial charge in [0.25, 0.3) is 0 Å². The van der Waals surface area contributed by atoms with Crippen LogP contribution >= 0.6 is 0 Å². The fourth-order valence-corrected chi connectivity index (χ4v) is 2.83. The average Bonchev–Trinajstić information content (AvgIpc) is 2.67. The lowest BCUT2D eigenvalue weighted by molar-refractivity contribution is -0.131. The van der Waals surface area contributed by atoms with Gasteiger partial charge in [-0.25, -0.2) is 0 Å². The highest BCUT2D eigenvalue weighted by atomic mass is 16.5. The Morgan fingerprint density at radius 1 is 1.28 bits per heavy atom. The molecule has 136 valence electrons. The molecule has 2 rings (SSSR count). The van der Waals surface area contributed by atoms with E-state index in [1.807, 2.05) is 29.2 Å². The molecule has 1 fully saturated rings. The third-order valence-electron chi connectivity index (χ3n) is 4.42. The Morgan fingerprint density at radius 3 is 2.64 bits per heavy atom. The topological polar surface area (TPSA) is 65.8 Å². The molecular formula is C19H27N3O3. The molecule has 1 saturated heterocycles. The van der Waals surface area contributed by atoms with Crippen molar-refractivity contribution in [3.8, 4) is 11.8 Å². The van der Waals surface area contributed by atoms with Crippen molar-refractivity contribution in [1.29, 1.82) is 5.26 Å². The van der Waals surface area contributed by atoms with Gasteiger partial charge in [-0.15, -0.1) is 0 Å². The van der Waals surface area contributed by atoms with Crippen molar-refractivity contribution in [3.05, 3.63) is 29.8 Å². The minimum Gasteiger partial charge on any atom is -0.497 e. The molecule has 1 amide bonds. The summed E-state index contributed by atoms with van der Waals surface area (Å²) in [5.41, 5.74) is 1.11. The molecule has 1 heterocycles. The van der Waals surface area contributed by atoms with E-state index >= 15 is 0 Å². The van der Waals surface area contributed by atoms with Gasteiger partial charge >= 0.3 is 0 Å². The first kappa shape index (κ1) is 19.2. The Hall–Kier alpha value is -2.10. The van der Waals surface area contributed by atoms with E-state index in [2.05, 4.69) is 11.0 Å². The van der Waals surface area contributed by atoms with Crippen molar-refractivity contribution in [2.45, 2.75) is 19.3 Å². The highest BCUT2D eigenvalue weighted by Gasteiger charge is 2.16. The number of nitriles is 1. The number of aryl methyl sites for hydroxylation is 1. The van der Waals surface area contributed by atoms with Crippen molar-refractivity contribution in [3.63, 3.8) is 0 Å².